The number of fused-ring (bicyclic) bond motifs is 1. The Kier molecular flexibility index (Phi) is 6.00. The fraction of sp³-hybridized carbons (Fsp3) is 0.208. The zero-order valence-corrected chi connectivity index (χ0v) is 19.4. The molecule has 1 aromatic carbocycles. The van der Waals surface area contributed by atoms with Crippen molar-refractivity contribution in [2.45, 2.75) is 33.4 Å². The summed E-state index contributed by atoms with van der Waals surface area (Å²) in [4.78, 5) is 17.4. The first kappa shape index (κ1) is 23.3. The smallest absolute Gasteiger partial charge is 0.280 e. The van der Waals surface area contributed by atoms with Crippen LogP contribution in [0, 0.1) is 12.7 Å². The van der Waals surface area contributed by atoms with Crippen LogP contribution in [0.15, 0.2) is 55.1 Å². The van der Waals surface area contributed by atoms with Crippen LogP contribution in [0.25, 0.3) is 16.9 Å². The van der Waals surface area contributed by atoms with Gasteiger partial charge in [-0.1, -0.05) is 0 Å². The van der Waals surface area contributed by atoms with Gasteiger partial charge in [-0.3, -0.25) is 14.2 Å². The number of carbonyl (C=O) groups is 1. The highest BCUT2D eigenvalue weighted by atomic mass is 19.3. The number of rotatable bonds is 7. The molecule has 9 nitrogen and oxygen atoms in total. The lowest BCUT2D eigenvalue weighted by atomic mass is 10.1. The zero-order valence-electron chi connectivity index (χ0n) is 19.4. The molecule has 0 radical (unpaired) electrons. The lowest BCUT2D eigenvalue weighted by molar-refractivity contribution is 0.102. The van der Waals surface area contributed by atoms with Crippen LogP contribution in [0.2, 0.25) is 0 Å². The van der Waals surface area contributed by atoms with Crippen molar-refractivity contribution in [2.75, 3.05) is 5.32 Å². The molecule has 0 aliphatic carbocycles. The Morgan fingerprint density at radius 3 is 2.56 bits per heavy atom. The summed E-state index contributed by atoms with van der Waals surface area (Å²) in [6.45, 7) is 5.21. The van der Waals surface area contributed by atoms with Crippen molar-refractivity contribution in [3.05, 3.63) is 83.5 Å². The van der Waals surface area contributed by atoms with Gasteiger partial charge in [0.05, 0.1) is 36.5 Å². The molecule has 0 aliphatic heterocycles. The fourth-order valence-corrected chi connectivity index (χ4v) is 3.92. The van der Waals surface area contributed by atoms with E-state index in [4.69, 9.17) is 0 Å². The van der Waals surface area contributed by atoms with Gasteiger partial charge in [0.2, 0.25) is 0 Å². The minimum Gasteiger partial charge on any atom is -0.319 e. The predicted molar refractivity (Wildman–Crippen MR) is 125 cm³/mol. The van der Waals surface area contributed by atoms with E-state index in [0.29, 0.717) is 17.8 Å². The molecule has 4 aromatic heterocycles. The van der Waals surface area contributed by atoms with Crippen molar-refractivity contribution >= 4 is 17.2 Å². The van der Waals surface area contributed by atoms with Crippen molar-refractivity contribution in [3.63, 3.8) is 0 Å². The predicted octanol–water partition coefficient (Wildman–Crippen LogP) is 4.49. The van der Waals surface area contributed by atoms with E-state index in [1.807, 2.05) is 18.5 Å². The highest BCUT2D eigenvalue weighted by Gasteiger charge is 2.22. The molecule has 4 heterocycles. The molecular weight excluding hydrogens is 473 g/mol. The lowest BCUT2D eigenvalue weighted by Gasteiger charge is -2.08. The standard InChI is InChI=1S/C24H21F3N8O/c1-3-34-14(2)16(9-29-34)12-33-13-18(10-28-33)31-24(36)19-11-30-35-21(22(26)27)8-20(32-23(19)35)15-4-6-17(25)7-5-15/h4-11,13,22H,3,12H2,1-2H3,(H,31,36). The van der Waals surface area contributed by atoms with Crippen LogP contribution >= 0.6 is 0 Å². The van der Waals surface area contributed by atoms with Crippen LogP contribution in [0.4, 0.5) is 18.9 Å². The SMILES string of the molecule is CCn1ncc(Cn2cc(NC(=O)c3cnn4c(C(F)F)cc(-c5ccc(F)cc5)nc34)cn2)c1C. The summed E-state index contributed by atoms with van der Waals surface area (Å²) in [7, 11) is 0. The van der Waals surface area contributed by atoms with E-state index in [2.05, 4.69) is 25.6 Å². The minimum atomic E-state index is -2.87. The van der Waals surface area contributed by atoms with Gasteiger partial charge in [0, 0.05) is 29.6 Å². The normalized spacial score (nSPS) is 11.5. The van der Waals surface area contributed by atoms with Crippen molar-refractivity contribution in [1.29, 1.82) is 0 Å². The molecule has 0 fully saturated rings. The van der Waals surface area contributed by atoms with E-state index >= 15 is 0 Å². The summed E-state index contributed by atoms with van der Waals surface area (Å²) in [5, 5.41) is 15.3. The molecule has 1 N–H and O–H groups in total. The molecule has 36 heavy (non-hydrogen) atoms. The minimum absolute atomic E-state index is 0.00804. The maximum Gasteiger partial charge on any atom is 0.280 e. The summed E-state index contributed by atoms with van der Waals surface area (Å²) in [6, 6.07) is 6.45. The number of carbonyl (C=O) groups excluding carboxylic acids is 1. The topological polar surface area (TPSA) is 94.9 Å². The highest BCUT2D eigenvalue weighted by molar-refractivity contribution is 6.08. The van der Waals surface area contributed by atoms with Crippen LogP contribution in [-0.4, -0.2) is 40.1 Å². The Bertz CT molecular complexity index is 1550. The van der Waals surface area contributed by atoms with Crippen LogP contribution in [-0.2, 0) is 13.1 Å². The number of aromatic nitrogens is 7. The number of benzene rings is 1. The Morgan fingerprint density at radius 2 is 1.86 bits per heavy atom. The average Bonchev–Trinajstić information content (AvgIpc) is 3.58. The summed E-state index contributed by atoms with van der Waals surface area (Å²) >= 11 is 0. The third-order valence-electron chi connectivity index (χ3n) is 5.84. The van der Waals surface area contributed by atoms with Crippen molar-refractivity contribution in [3.8, 4) is 11.3 Å². The second-order valence-electron chi connectivity index (χ2n) is 8.12. The van der Waals surface area contributed by atoms with Gasteiger partial charge in [-0.15, -0.1) is 0 Å². The molecule has 1 amide bonds. The zero-order chi connectivity index (χ0) is 25.4. The molecule has 5 aromatic rings. The van der Waals surface area contributed by atoms with Gasteiger partial charge in [-0.05, 0) is 44.2 Å². The van der Waals surface area contributed by atoms with E-state index in [1.165, 1.54) is 42.7 Å². The van der Waals surface area contributed by atoms with Crippen LogP contribution in [0.1, 0.15) is 40.7 Å². The third-order valence-corrected chi connectivity index (χ3v) is 5.84. The number of anilines is 1. The maximum absolute atomic E-state index is 13.8. The van der Waals surface area contributed by atoms with Gasteiger partial charge < -0.3 is 5.32 Å². The number of hydrogen-bond donors (Lipinski definition) is 1. The molecule has 0 unspecified atom stereocenters. The molecule has 0 aliphatic rings. The number of halogens is 3. The molecule has 0 bridgehead atoms. The van der Waals surface area contributed by atoms with Gasteiger partial charge in [0.25, 0.3) is 12.3 Å². The van der Waals surface area contributed by atoms with E-state index in [9.17, 15) is 18.0 Å². The summed E-state index contributed by atoms with van der Waals surface area (Å²) < 4.78 is 45.4. The molecule has 5 rings (SSSR count). The Morgan fingerprint density at radius 1 is 1.08 bits per heavy atom. The summed E-state index contributed by atoms with van der Waals surface area (Å²) in [5.74, 6) is -1.04. The van der Waals surface area contributed by atoms with Crippen LogP contribution < -0.4 is 5.32 Å². The second kappa shape index (κ2) is 9.29. The van der Waals surface area contributed by atoms with Gasteiger partial charge in [0.1, 0.15) is 17.1 Å². The number of alkyl halides is 2. The Balaban J connectivity index is 1.43. The Labute approximate surface area is 203 Å². The molecular formula is C24H21F3N8O. The quantitative estimate of drug-likeness (QED) is 0.360. The summed E-state index contributed by atoms with van der Waals surface area (Å²) in [5.41, 5.74) is 2.57. The maximum atomic E-state index is 13.8. The van der Waals surface area contributed by atoms with Gasteiger partial charge >= 0.3 is 0 Å². The molecule has 12 heteroatoms. The third kappa shape index (κ3) is 4.32. The fourth-order valence-electron chi connectivity index (χ4n) is 3.92. The van der Waals surface area contributed by atoms with Crippen LogP contribution in [0.5, 0.6) is 0 Å². The number of hydrogen-bond acceptors (Lipinski definition) is 5. The number of amides is 1. The first-order valence-electron chi connectivity index (χ1n) is 11.1. The largest absolute Gasteiger partial charge is 0.319 e. The van der Waals surface area contributed by atoms with E-state index < -0.39 is 23.8 Å². The van der Waals surface area contributed by atoms with Gasteiger partial charge in [0.15, 0.2) is 5.65 Å². The molecule has 0 spiro atoms. The first-order valence-corrected chi connectivity index (χ1v) is 11.1. The van der Waals surface area contributed by atoms with E-state index in [1.54, 1.807) is 17.1 Å². The lowest BCUT2D eigenvalue weighted by Crippen LogP contribution is -2.12. The highest BCUT2D eigenvalue weighted by Crippen LogP contribution is 2.27. The molecule has 0 saturated carbocycles. The number of nitrogens with zero attached hydrogens (tertiary/aromatic N) is 7. The van der Waals surface area contributed by atoms with Crippen molar-refractivity contribution < 1.29 is 18.0 Å². The van der Waals surface area contributed by atoms with Crippen LogP contribution in [0.3, 0.4) is 0 Å². The van der Waals surface area contributed by atoms with E-state index in [-0.39, 0.29) is 16.9 Å². The molecule has 0 saturated heterocycles. The number of aryl methyl sites for hydroxylation is 1. The average molecular weight is 494 g/mol. The molecule has 0 atom stereocenters. The van der Waals surface area contributed by atoms with Gasteiger partial charge in [-0.2, -0.15) is 15.3 Å². The first-order chi connectivity index (χ1) is 17.3. The second-order valence-corrected chi connectivity index (χ2v) is 8.12. The Hall–Kier alpha value is -4.48. The van der Waals surface area contributed by atoms with Gasteiger partial charge in [-0.25, -0.2) is 22.7 Å². The monoisotopic (exact) mass is 494 g/mol. The molecule has 184 valence electrons. The van der Waals surface area contributed by atoms with Crippen molar-refractivity contribution in [1.82, 2.24) is 34.2 Å². The van der Waals surface area contributed by atoms with Crippen molar-refractivity contribution in [2.24, 2.45) is 0 Å². The van der Waals surface area contributed by atoms with E-state index in [0.717, 1.165) is 22.3 Å². The summed E-state index contributed by atoms with van der Waals surface area (Å²) in [6.07, 6.45) is 3.25. The number of nitrogens with one attached hydrogen (secondary N) is 1.